The third-order valence-corrected chi connectivity index (χ3v) is 3.79. The molecule has 23 heavy (non-hydrogen) atoms. The first-order chi connectivity index (χ1) is 10.8. The number of carbonyl (C=O) groups excluding carboxylic acids is 1. The van der Waals surface area contributed by atoms with Crippen LogP contribution in [0.25, 0.3) is 0 Å². The van der Waals surface area contributed by atoms with Gasteiger partial charge < -0.3 is 10.4 Å². The Labute approximate surface area is 131 Å². The van der Waals surface area contributed by atoms with E-state index in [0.717, 1.165) is 22.6 Å². The van der Waals surface area contributed by atoms with Crippen molar-refractivity contribution < 1.29 is 27.9 Å². The lowest BCUT2D eigenvalue weighted by Crippen LogP contribution is -2.63. The van der Waals surface area contributed by atoms with Gasteiger partial charge in [-0.05, 0) is 37.0 Å². The van der Waals surface area contributed by atoms with Gasteiger partial charge in [0.2, 0.25) is 5.91 Å². The Kier molecular flexibility index (Phi) is 5.12. The van der Waals surface area contributed by atoms with Crippen LogP contribution in [-0.2, 0) is 17.4 Å². The van der Waals surface area contributed by atoms with E-state index in [1.807, 2.05) is 0 Å². The van der Waals surface area contributed by atoms with Crippen molar-refractivity contribution in [3.63, 3.8) is 0 Å². The maximum absolute atomic E-state index is 12.4. The highest BCUT2D eigenvalue weighted by Crippen LogP contribution is 2.29. The van der Waals surface area contributed by atoms with Gasteiger partial charge in [-0.3, -0.25) is 9.69 Å². The summed E-state index contributed by atoms with van der Waals surface area (Å²) in [4.78, 5) is 23.5. The average Bonchev–Trinajstić information content (AvgIpc) is 2.48. The van der Waals surface area contributed by atoms with Gasteiger partial charge in [0.1, 0.15) is 6.04 Å². The van der Waals surface area contributed by atoms with E-state index in [9.17, 15) is 22.8 Å². The minimum absolute atomic E-state index is 0.230. The molecule has 0 bridgehead atoms. The summed E-state index contributed by atoms with van der Waals surface area (Å²) in [7, 11) is 0. The highest BCUT2D eigenvalue weighted by atomic mass is 19.4. The first-order valence-corrected chi connectivity index (χ1v) is 7.22. The molecule has 0 saturated carbocycles. The summed E-state index contributed by atoms with van der Waals surface area (Å²) in [6.07, 6.45) is -3.76. The zero-order valence-electron chi connectivity index (χ0n) is 12.3. The van der Waals surface area contributed by atoms with E-state index in [2.05, 4.69) is 5.32 Å². The minimum atomic E-state index is -4.34. The molecule has 8 heteroatoms. The topological polar surface area (TPSA) is 69.6 Å². The fourth-order valence-electron chi connectivity index (χ4n) is 2.38. The number of nitrogens with zero attached hydrogens (tertiary/aromatic N) is 1. The van der Waals surface area contributed by atoms with Crippen molar-refractivity contribution in [3.8, 4) is 0 Å². The van der Waals surface area contributed by atoms with Crippen molar-refractivity contribution in [2.24, 2.45) is 0 Å². The SMILES string of the molecule is O=C1NC[C@@H]1N(CCCCc1ccc(C(F)(F)F)cc1)C(=O)O. The molecular formula is C15H17F3N2O3. The molecule has 1 heterocycles. The zero-order valence-corrected chi connectivity index (χ0v) is 12.3. The molecule has 0 aromatic heterocycles. The molecule has 5 nitrogen and oxygen atoms in total. The highest BCUT2D eigenvalue weighted by molar-refractivity contribution is 5.90. The number of hydrogen-bond donors (Lipinski definition) is 2. The van der Waals surface area contributed by atoms with Gasteiger partial charge in [-0.2, -0.15) is 13.2 Å². The summed E-state index contributed by atoms with van der Waals surface area (Å²) in [6, 6.07) is 4.31. The van der Waals surface area contributed by atoms with Gasteiger partial charge in [-0.1, -0.05) is 12.1 Å². The van der Waals surface area contributed by atoms with E-state index < -0.39 is 23.9 Å². The van der Waals surface area contributed by atoms with Crippen LogP contribution in [-0.4, -0.2) is 41.1 Å². The fourth-order valence-corrected chi connectivity index (χ4v) is 2.38. The maximum atomic E-state index is 12.4. The van der Waals surface area contributed by atoms with E-state index in [-0.39, 0.29) is 12.5 Å². The molecule has 2 amide bonds. The van der Waals surface area contributed by atoms with Crippen molar-refractivity contribution in [3.05, 3.63) is 35.4 Å². The number of hydrogen-bond acceptors (Lipinski definition) is 2. The quantitative estimate of drug-likeness (QED) is 0.622. The molecule has 1 fully saturated rings. The van der Waals surface area contributed by atoms with Gasteiger partial charge in [0.15, 0.2) is 0 Å². The van der Waals surface area contributed by atoms with Crippen LogP contribution >= 0.6 is 0 Å². The van der Waals surface area contributed by atoms with Crippen molar-refractivity contribution >= 4 is 12.0 Å². The Morgan fingerprint density at radius 3 is 2.35 bits per heavy atom. The van der Waals surface area contributed by atoms with E-state index in [1.165, 1.54) is 12.1 Å². The van der Waals surface area contributed by atoms with Gasteiger partial charge in [0.05, 0.1) is 5.56 Å². The molecule has 126 valence electrons. The van der Waals surface area contributed by atoms with Crippen LogP contribution in [0.4, 0.5) is 18.0 Å². The lowest BCUT2D eigenvalue weighted by molar-refractivity contribution is -0.137. The molecule has 0 radical (unpaired) electrons. The third-order valence-electron chi connectivity index (χ3n) is 3.79. The summed E-state index contributed by atoms with van der Waals surface area (Å²) in [5.41, 5.74) is 0.0792. The molecule has 1 aromatic rings. The molecule has 1 atom stereocenters. The van der Waals surface area contributed by atoms with Crippen molar-refractivity contribution in [2.45, 2.75) is 31.5 Å². The second kappa shape index (κ2) is 6.89. The number of rotatable bonds is 6. The minimum Gasteiger partial charge on any atom is -0.465 e. The van der Waals surface area contributed by atoms with Crippen LogP contribution in [0.15, 0.2) is 24.3 Å². The number of carbonyl (C=O) groups is 2. The molecule has 1 aromatic carbocycles. The molecule has 1 aliphatic heterocycles. The lowest BCUT2D eigenvalue weighted by atomic mass is 10.0. The van der Waals surface area contributed by atoms with Crippen LogP contribution in [0.1, 0.15) is 24.0 Å². The summed E-state index contributed by atoms with van der Waals surface area (Å²) in [5, 5.41) is 11.6. The van der Waals surface area contributed by atoms with E-state index >= 15 is 0 Å². The van der Waals surface area contributed by atoms with Crippen LogP contribution in [0.2, 0.25) is 0 Å². The zero-order chi connectivity index (χ0) is 17.0. The summed E-state index contributed by atoms with van der Waals surface area (Å²) in [5.74, 6) is -0.296. The Morgan fingerprint density at radius 1 is 1.26 bits per heavy atom. The average molecular weight is 330 g/mol. The van der Waals surface area contributed by atoms with Crippen molar-refractivity contribution in [1.29, 1.82) is 0 Å². The Balaban J connectivity index is 1.78. The van der Waals surface area contributed by atoms with Crippen LogP contribution in [0.5, 0.6) is 0 Å². The summed E-state index contributed by atoms with van der Waals surface area (Å²) < 4.78 is 37.3. The van der Waals surface area contributed by atoms with Gasteiger partial charge in [0.25, 0.3) is 0 Å². The number of β-lactam (4-membered cyclic amide) rings is 1. The van der Waals surface area contributed by atoms with Gasteiger partial charge in [0, 0.05) is 13.1 Å². The first kappa shape index (κ1) is 17.1. The largest absolute Gasteiger partial charge is 0.465 e. The molecule has 0 unspecified atom stereocenters. The molecule has 1 saturated heterocycles. The number of unbranched alkanes of at least 4 members (excludes halogenated alkanes) is 1. The summed E-state index contributed by atoms with van der Waals surface area (Å²) in [6.45, 7) is 0.554. The van der Waals surface area contributed by atoms with Crippen molar-refractivity contribution in [1.82, 2.24) is 10.2 Å². The molecule has 2 N–H and O–H groups in total. The van der Waals surface area contributed by atoms with Crippen LogP contribution in [0, 0.1) is 0 Å². The second-order valence-corrected chi connectivity index (χ2v) is 5.39. The number of alkyl halides is 3. The van der Waals surface area contributed by atoms with Gasteiger partial charge >= 0.3 is 12.3 Å². The predicted octanol–water partition coefficient (Wildman–Crippen LogP) is 2.51. The normalized spacial score (nSPS) is 17.3. The Bertz CT molecular complexity index is 572. The van der Waals surface area contributed by atoms with E-state index in [0.29, 0.717) is 25.8 Å². The predicted molar refractivity (Wildman–Crippen MR) is 75.9 cm³/mol. The van der Waals surface area contributed by atoms with Crippen LogP contribution in [0.3, 0.4) is 0 Å². The number of amides is 2. The Morgan fingerprint density at radius 2 is 1.91 bits per heavy atom. The second-order valence-electron chi connectivity index (χ2n) is 5.39. The van der Waals surface area contributed by atoms with E-state index in [4.69, 9.17) is 5.11 Å². The monoisotopic (exact) mass is 330 g/mol. The number of benzene rings is 1. The van der Waals surface area contributed by atoms with Crippen molar-refractivity contribution in [2.75, 3.05) is 13.1 Å². The molecule has 0 spiro atoms. The molecule has 1 aliphatic rings. The fraction of sp³-hybridized carbons (Fsp3) is 0.467. The maximum Gasteiger partial charge on any atom is 0.416 e. The summed E-state index contributed by atoms with van der Waals surface area (Å²) >= 11 is 0. The van der Waals surface area contributed by atoms with Gasteiger partial charge in [-0.15, -0.1) is 0 Å². The van der Waals surface area contributed by atoms with Gasteiger partial charge in [-0.25, -0.2) is 4.79 Å². The number of nitrogens with one attached hydrogen (secondary N) is 1. The Hall–Kier alpha value is -2.25. The number of aryl methyl sites for hydroxylation is 1. The lowest BCUT2D eigenvalue weighted by Gasteiger charge is -2.34. The number of carboxylic acid groups (broad SMARTS) is 1. The smallest absolute Gasteiger partial charge is 0.416 e. The molecule has 2 rings (SSSR count). The third kappa shape index (κ3) is 4.37. The molecule has 0 aliphatic carbocycles. The molecular weight excluding hydrogens is 313 g/mol. The van der Waals surface area contributed by atoms with E-state index in [1.54, 1.807) is 0 Å². The van der Waals surface area contributed by atoms with Crippen LogP contribution < -0.4 is 5.32 Å². The number of halogens is 3. The highest BCUT2D eigenvalue weighted by Gasteiger charge is 2.36. The first-order valence-electron chi connectivity index (χ1n) is 7.22. The standard InChI is InChI=1S/C15H17F3N2O3/c16-15(17,18)11-6-4-10(5-7-11)3-1-2-8-20(14(22)23)12-9-19-13(12)21/h4-7,12H,1-3,8-9H2,(H,19,21)(H,22,23)/t12-/m0/s1.